The van der Waals surface area contributed by atoms with E-state index in [0.29, 0.717) is 10.1 Å². The number of carbonyl (C=O) groups is 1. The molecule has 0 saturated carbocycles. The van der Waals surface area contributed by atoms with Crippen LogP contribution in [0.15, 0.2) is 87.3 Å². The number of allylic oxidation sites excluding steroid dienone is 2. The maximum atomic E-state index is 12.0. The summed E-state index contributed by atoms with van der Waals surface area (Å²) in [6, 6.07) is 17.8. The summed E-state index contributed by atoms with van der Waals surface area (Å²) < 4.78 is 5.21. The Bertz CT molecular complexity index is 1020. The number of rotatable bonds is 3. The third-order valence-corrected chi connectivity index (χ3v) is 4.59. The minimum absolute atomic E-state index is 0.145. The fourth-order valence-electron chi connectivity index (χ4n) is 2.48. The normalized spacial score (nSPS) is 17.8. The van der Waals surface area contributed by atoms with Crippen LogP contribution in [0.1, 0.15) is 5.76 Å². The van der Waals surface area contributed by atoms with Crippen LogP contribution in [0.5, 0.6) is 0 Å². The number of aliphatic imine (C=N–C) groups is 1. The Balaban J connectivity index is 1.53. The number of carbonyl (C=O) groups excluding carboxylic acids is 1. The van der Waals surface area contributed by atoms with Crippen molar-refractivity contribution in [2.75, 3.05) is 0 Å². The average molecular weight is 346 g/mol. The van der Waals surface area contributed by atoms with Crippen LogP contribution in [0.4, 0.5) is 5.69 Å². The van der Waals surface area contributed by atoms with E-state index >= 15 is 0 Å². The lowest BCUT2D eigenvalue weighted by atomic mass is 10.1. The van der Waals surface area contributed by atoms with Crippen molar-refractivity contribution in [1.29, 1.82) is 0 Å². The first kappa shape index (κ1) is 15.5. The molecule has 5 heteroatoms. The Labute approximate surface area is 148 Å². The number of hydrogen-bond acceptors (Lipinski definition) is 4. The van der Waals surface area contributed by atoms with Crippen LogP contribution in [-0.2, 0) is 4.79 Å². The molecule has 0 atom stereocenters. The summed E-state index contributed by atoms with van der Waals surface area (Å²) in [6.45, 7) is 0. The number of furan rings is 1. The van der Waals surface area contributed by atoms with E-state index < -0.39 is 0 Å². The predicted molar refractivity (Wildman–Crippen MR) is 103 cm³/mol. The molecule has 0 aliphatic carbocycles. The minimum Gasteiger partial charge on any atom is -0.465 e. The Hall–Kier alpha value is -3.05. The molecular formula is C20H14N2O2S. The molecule has 2 aromatic carbocycles. The standard InChI is InChI=1S/C20H14N2O2S/c23-19-18(9-3-7-17-8-4-12-24-17)25-20(22-19)21-16-11-10-14-5-1-2-6-15(14)13-16/h1-13H,(H,21,22,23). The summed E-state index contributed by atoms with van der Waals surface area (Å²) in [4.78, 5) is 17.2. The second-order valence-corrected chi connectivity index (χ2v) is 6.44. The third kappa shape index (κ3) is 3.56. The maximum Gasteiger partial charge on any atom is 0.264 e. The minimum atomic E-state index is -0.145. The third-order valence-electron chi connectivity index (χ3n) is 3.67. The molecule has 1 aromatic heterocycles. The highest BCUT2D eigenvalue weighted by molar-refractivity contribution is 8.18. The summed E-state index contributed by atoms with van der Waals surface area (Å²) in [7, 11) is 0. The van der Waals surface area contributed by atoms with Gasteiger partial charge in [0.15, 0.2) is 5.17 Å². The lowest BCUT2D eigenvalue weighted by molar-refractivity contribution is -0.115. The summed E-state index contributed by atoms with van der Waals surface area (Å²) in [5.74, 6) is 0.596. The number of amides is 1. The molecule has 1 N–H and O–H groups in total. The number of thioether (sulfide) groups is 1. The molecule has 25 heavy (non-hydrogen) atoms. The highest BCUT2D eigenvalue weighted by Crippen LogP contribution is 2.27. The molecule has 0 spiro atoms. The molecule has 1 aliphatic rings. The van der Waals surface area contributed by atoms with Gasteiger partial charge in [-0.15, -0.1) is 0 Å². The van der Waals surface area contributed by atoms with Crippen molar-refractivity contribution in [1.82, 2.24) is 5.32 Å². The van der Waals surface area contributed by atoms with Crippen LogP contribution in [0.25, 0.3) is 16.8 Å². The lowest BCUT2D eigenvalue weighted by Crippen LogP contribution is -2.19. The van der Waals surface area contributed by atoms with Gasteiger partial charge in [-0.3, -0.25) is 4.79 Å². The molecule has 1 fully saturated rings. The molecule has 2 heterocycles. The van der Waals surface area contributed by atoms with Gasteiger partial charge in [0.2, 0.25) is 0 Å². The molecule has 1 amide bonds. The van der Waals surface area contributed by atoms with Gasteiger partial charge < -0.3 is 9.73 Å². The van der Waals surface area contributed by atoms with Gasteiger partial charge in [-0.2, -0.15) is 0 Å². The number of amidine groups is 1. The van der Waals surface area contributed by atoms with Gasteiger partial charge in [0, 0.05) is 0 Å². The lowest BCUT2D eigenvalue weighted by Gasteiger charge is -2.00. The predicted octanol–water partition coefficient (Wildman–Crippen LogP) is 4.88. The van der Waals surface area contributed by atoms with E-state index in [1.807, 2.05) is 48.5 Å². The van der Waals surface area contributed by atoms with Crippen molar-refractivity contribution >= 4 is 45.4 Å². The van der Waals surface area contributed by atoms with E-state index in [4.69, 9.17) is 4.42 Å². The molecule has 4 rings (SSSR count). The highest BCUT2D eigenvalue weighted by Gasteiger charge is 2.23. The Morgan fingerprint density at radius 2 is 1.92 bits per heavy atom. The van der Waals surface area contributed by atoms with Crippen molar-refractivity contribution in [2.45, 2.75) is 0 Å². The SMILES string of the molecule is O=C1NC(=Nc2ccc3ccccc3c2)SC1=CC=Cc1ccco1. The summed E-state index contributed by atoms with van der Waals surface area (Å²) in [5, 5.41) is 5.66. The zero-order valence-corrected chi connectivity index (χ0v) is 14.0. The average Bonchev–Trinajstić information content (AvgIpc) is 3.25. The van der Waals surface area contributed by atoms with E-state index in [1.165, 1.54) is 17.1 Å². The van der Waals surface area contributed by atoms with Crippen LogP contribution in [0, 0.1) is 0 Å². The number of nitrogens with zero attached hydrogens (tertiary/aromatic N) is 1. The van der Waals surface area contributed by atoms with Crippen molar-refractivity contribution in [2.24, 2.45) is 4.99 Å². The van der Waals surface area contributed by atoms with Gasteiger partial charge in [-0.05, 0) is 59.0 Å². The van der Waals surface area contributed by atoms with E-state index in [1.54, 1.807) is 24.5 Å². The van der Waals surface area contributed by atoms with E-state index in [-0.39, 0.29) is 5.91 Å². The van der Waals surface area contributed by atoms with Crippen LogP contribution in [0.3, 0.4) is 0 Å². The van der Waals surface area contributed by atoms with E-state index in [2.05, 4.69) is 16.4 Å². The molecule has 0 unspecified atom stereocenters. The number of nitrogens with one attached hydrogen (secondary N) is 1. The first-order valence-corrected chi connectivity index (χ1v) is 8.58. The highest BCUT2D eigenvalue weighted by atomic mass is 32.2. The topological polar surface area (TPSA) is 54.6 Å². The molecule has 0 radical (unpaired) electrons. The molecule has 1 saturated heterocycles. The van der Waals surface area contributed by atoms with Crippen molar-refractivity contribution in [3.8, 4) is 0 Å². The van der Waals surface area contributed by atoms with Gasteiger partial charge in [0.1, 0.15) is 5.76 Å². The molecule has 3 aromatic rings. The van der Waals surface area contributed by atoms with Crippen molar-refractivity contribution in [3.05, 3.63) is 83.7 Å². The molecule has 122 valence electrons. The molecular weight excluding hydrogens is 332 g/mol. The number of fused-ring (bicyclic) bond motifs is 1. The van der Waals surface area contributed by atoms with E-state index in [0.717, 1.165) is 16.8 Å². The fraction of sp³-hybridized carbons (Fsp3) is 0. The Morgan fingerprint density at radius 3 is 2.76 bits per heavy atom. The van der Waals surface area contributed by atoms with Crippen LogP contribution in [0.2, 0.25) is 0 Å². The first-order chi connectivity index (χ1) is 12.3. The number of hydrogen-bond donors (Lipinski definition) is 1. The van der Waals surface area contributed by atoms with Crippen molar-refractivity contribution in [3.63, 3.8) is 0 Å². The summed E-state index contributed by atoms with van der Waals surface area (Å²) >= 11 is 1.32. The number of benzene rings is 2. The second-order valence-electron chi connectivity index (χ2n) is 5.41. The zero-order chi connectivity index (χ0) is 17.1. The maximum absolute atomic E-state index is 12.0. The van der Waals surface area contributed by atoms with Crippen LogP contribution < -0.4 is 5.32 Å². The van der Waals surface area contributed by atoms with Crippen molar-refractivity contribution < 1.29 is 9.21 Å². The summed E-state index contributed by atoms with van der Waals surface area (Å²) in [5.41, 5.74) is 0.814. The van der Waals surface area contributed by atoms with Gasteiger partial charge in [0.05, 0.1) is 16.9 Å². The Morgan fingerprint density at radius 1 is 1.04 bits per heavy atom. The van der Waals surface area contributed by atoms with Gasteiger partial charge in [0.25, 0.3) is 5.91 Å². The molecule has 1 aliphatic heterocycles. The first-order valence-electron chi connectivity index (χ1n) is 7.76. The van der Waals surface area contributed by atoms with Crippen LogP contribution in [-0.4, -0.2) is 11.1 Å². The van der Waals surface area contributed by atoms with Gasteiger partial charge >= 0.3 is 0 Å². The van der Waals surface area contributed by atoms with Gasteiger partial charge in [-0.1, -0.05) is 36.4 Å². The van der Waals surface area contributed by atoms with E-state index in [9.17, 15) is 4.79 Å². The summed E-state index contributed by atoms with van der Waals surface area (Å²) in [6.07, 6.45) is 6.96. The Kier molecular flexibility index (Phi) is 4.23. The molecule has 4 nitrogen and oxygen atoms in total. The van der Waals surface area contributed by atoms with Gasteiger partial charge in [-0.25, -0.2) is 4.99 Å². The fourth-order valence-corrected chi connectivity index (χ4v) is 3.27. The molecule has 0 bridgehead atoms. The quantitative estimate of drug-likeness (QED) is 0.688. The smallest absolute Gasteiger partial charge is 0.264 e. The monoisotopic (exact) mass is 346 g/mol. The largest absolute Gasteiger partial charge is 0.465 e. The zero-order valence-electron chi connectivity index (χ0n) is 13.2. The van der Waals surface area contributed by atoms with Crippen LogP contribution >= 0.6 is 11.8 Å². The second kappa shape index (κ2) is 6.83.